The normalized spacial score (nSPS) is 11.6. The molecule has 0 spiro atoms. The van der Waals surface area contributed by atoms with Crippen molar-refractivity contribution in [2.45, 2.75) is 32.6 Å². The summed E-state index contributed by atoms with van der Waals surface area (Å²) >= 11 is 0. The predicted octanol–water partition coefficient (Wildman–Crippen LogP) is 3.83. The molecule has 0 atom stereocenters. The van der Waals surface area contributed by atoms with Gasteiger partial charge in [0.2, 0.25) is 10.0 Å². The van der Waals surface area contributed by atoms with Gasteiger partial charge in [0.25, 0.3) is 5.91 Å². The molecular weight excluding hydrogens is 367 g/mol. The van der Waals surface area contributed by atoms with Gasteiger partial charge in [-0.3, -0.25) is 4.79 Å². The van der Waals surface area contributed by atoms with Crippen molar-refractivity contribution in [3.63, 3.8) is 0 Å². The Balaban J connectivity index is 2.51. The summed E-state index contributed by atoms with van der Waals surface area (Å²) in [7, 11) is -4.01. The monoisotopic (exact) mass is 392 g/mol. The van der Waals surface area contributed by atoms with E-state index in [1.165, 1.54) is 10.4 Å². The lowest BCUT2D eigenvalue weighted by Crippen LogP contribution is -2.33. The molecule has 0 aliphatic rings. The molecule has 0 aliphatic carbocycles. The van der Waals surface area contributed by atoms with Gasteiger partial charge >= 0.3 is 0 Å². The van der Waals surface area contributed by atoms with Crippen LogP contribution in [-0.4, -0.2) is 38.3 Å². The highest BCUT2D eigenvalue weighted by molar-refractivity contribution is 7.89. The zero-order valence-electron chi connectivity index (χ0n) is 16.1. The molecule has 0 fully saturated rings. The summed E-state index contributed by atoms with van der Waals surface area (Å²) in [6, 6.07) is 10.9. The molecule has 0 saturated heterocycles. The van der Waals surface area contributed by atoms with Crippen LogP contribution in [0.4, 0.5) is 10.1 Å². The van der Waals surface area contributed by atoms with Crippen LogP contribution in [0.1, 0.15) is 36.7 Å². The number of aryl methyl sites for hydroxylation is 1. The molecule has 2 aromatic rings. The van der Waals surface area contributed by atoms with Crippen molar-refractivity contribution >= 4 is 21.6 Å². The van der Waals surface area contributed by atoms with Crippen molar-refractivity contribution < 1.29 is 17.6 Å². The fourth-order valence-corrected chi connectivity index (χ4v) is 4.53. The van der Waals surface area contributed by atoms with Crippen LogP contribution in [0.25, 0.3) is 0 Å². The smallest absolute Gasteiger partial charge is 0.258 e. The van der Waals surface area contributed by atoms with Crippen LogP contribution < -0.4 is 4.90 Å². The highest BCUT2D eigenvalue weighted by Crippen LogP contribution is 2.25. The van der Waals surface area contributed by atoms with Gasteiger partial charge in [0.15, 0.2) is 0 Å². The number of rotatable bonds is 7. The summed E-state index contributed by atoms with van der Waals surface area (Å²) in [6.07, 6.45) is 0. The fraction of sp³-hybridized carbons (Fsp3) is 0.350. The van der Waals surface area contributed by atoms with Crippen LogP contribution in [0.5, 0.6) is 0 Å². The van der Waals surface area contributed by atoms with Crippen LogP contribution in [0.15, 0.2) is 47.4 Å². The van der Waals surface area contributed by atoms with E-state index in [-0.39, 0.29) is 24.6 Å². The Labute approximate surface area is 160 Å². The largest absolute Gasteiger partial charge is 0.308 e. The molecular formula is C20H25FN2O3S. The standard InChI is InChI=1S/C20H25FN2O3S/c1-5-22(6-2)27(25,26)19-14-16(12-13-17(19)21)20(24)23(7-3)18-11-9-8-10-15(18)4/h8-14H,5-7H2,1-4H3. The van der Waals surface area contributed by atoms with Gasteiger partial charge in [0, 0.05) is 30.9 Å². The number of nitrogens with zero attached hydrogens (tertiary/aromatic N) is 2. The summed E-state index contributed by atoms with van der Waals surface area (Å²) in [5.41, 5.74) is 1.79. The van der Waals surface area contributed by atoms with Crippen molar-refractivity contribution in [2.24, 2.45) is 0 Å². The van der Waals surface area contributed by atoms with Crippen LogP contribution in [-0.2, 0) is 10.0 Å². The second-order valence-electron chi connectivity index (χ2n) is 6.07. The quantitative estimate of drug-likeness (QED) is 0.720. The molecule has 5 nitrogen and oxygen atoms in total. The van der Waals surface area contributed by atoms with Crippen LogP contribution in [0.3, 0.4) is 0 Å². The van der Waals surface area contributed by atoms with Crippen molar-refractivity contribution in [1.82, 2.24) is 4.31 Å². The van der Waals surface area contributed by atoms with Gasteiger partial charge in [-0.15, -0.1) is 0 Å². The molecule has 146 valence electrons. The third-order valence-corrected chi connectivity index (χ3v) is 6.53. The maximum absolute atomic E-state index is 14.3. The highest BCUT2D eigenvalue weighted by Gasteiger charge is 2.27. The number of anilines is 1. The minimum absolute atomic E-state index is 0.132. The molecule has 0 aromatic heterocycles. The SMILES string of the molecule is CCN(C(=O)c1ccc(F)c(S(=O)(=O)N(CC)CC)c1)c1ccccc1C. The Kier molecular flexibility index (Phi) is 6.73. The molecule has 0 radical (unpaired) electrons. The lowest BCUT2D eigenvalue weighted by molar-refractivity contribution is 0.0988. The average Bonchev–Trinajstić information content (AvgIpc) is 2.64. The topological polar surface area (TPSA) is 57.7 Å². The van der Waals surface area contributed by atoms with E-state index in [4.69, 9.17) is 0 Å². The van der Waals surface area contributed by atoms with E-state index >= 15 is 0 Å². The first-order valence-corrected chi connectivity index (χ1v) is 10.4. The number of hydrogen-bond donors (Lipinski definition) is 0. The molecule has 1 amide bonds. The highest BCUT2D eigenvalue weighted by atomic mass is 32.2. The van der Waals surface area contributed by atoms with Gasteiger partial charge < -0.3 is 4.90 Å². The van der Waals surface area contributed by atoms with Crippen molar-refractivity contribution in [3.05, 3.63) is 59.4 Å². The molecule has 7 heteroatoms. The first-order valence-electron chi connectivity index (χ1n) is 8.95. The zero-order chi connectivity index (χ0) is 20.2. The van der Waals surface area contributed by atoms with Gasteiger partial charge in [-0.05, 0) is 43.7 Å². The number of para-hydroxylation sites is 1. The molecule has 2 rings (SSSR count). The lowest BCUT2D eigenvalue weighted by Gasteiger charge is -2.24. The van der Waals surface area contributed by atoms with Gasteiger partial charge in [-0.25, -0.2) is 12.8 Å². The maximum Gasteiger partial charge on any atom is 0.258 e. The van der Waals surface area contributed by atoms with Crippen LogP contribution in [0, 0.1) is 12.7 Å². The minimum Gasteiger partial charge on any atom is -0.308 e. The second kappa shape index (κ2) is 8.63. The van der Waals surface area contributed by atoms with E-state index < -0.39 is 20.7 Å². The Morgan fingerprint density at radius 3 is 2.19 bits per heavy atom. The molecule has 27 heavy (non-hydrogen) atoms. The molecule has 0 unspecified atom stereocenters. The molecule has 0 saturated carbocycles. The van der Waals surface area contributed by atoms with E-state index in [9.17, 15) is 17.6 Å². The van der Waals surface area contributed by atoms with E-state index in [2.05, 4.69) is 0 Å². The first kappa shape index (κ1) is 21.1. The van der Waals surface area contributed by atoms with Crippen LogP contribution in [0.2, 0.25) is 0 Å². The Bertz CT molecular complexity index is 925. The zero-order valence-corrected chi connectivity index (χ0v) is 16.9. The Morgan fingerprint density at radius 1 is 1.00 bits per heavy atom. The summed E-state index contributed by atoms with van der Waals surface area (Å²) in [5.74, 6) is -1.24. The molecule has 0 bridgehead atoms. The van der Waals surface area contributed by atoms with Gasteiger partial charge in [0.05, 0.1) is 0 Å². The number of hydrogen-bond acceptors (Lipinski definition) is 3. The predicted molar refractivity (Wildman–Crippen MR) is 105 cm³/mol. The maximum atomic E-state index is 14.3. The number of sulfonamides is 1. The Hall–Kier alpha value is -2.25. The van der Waals surface area contributed by atoms with Crippen molar-refractivity contribution in [3.8, 4) is 0 Å². The summed E-state index contributed by atoms with van der Waals surface area (Å²) in [6.45, 7) is 7.95. The van der Waals surface area contributed by atoms with Crippen molar-refractivity contribution in [1.29, 1.82) is 0 Å². The summed E-state index contributed by atoms with van der Waals surface area (Å²) in [4.78, 5) is 14.1. The van der Waals surface area contributed by atoms with Gasteiger partial charge in [-0.1, -0.05) is 32.0 Å². The summed E-state index contributed by atoms with van der Waals surface area (Å²) in [5, 5.41) is 0. The number of amides is 1. The van der Waals surface area contributed by atoms with E-state index in [0.29, 0.717) is 6.54 Å². The number of carbonyl (C=O) groups excluding carboxylic acids is 1. The van der Waals surface area contributed by atoms with Crippen molar-refractivity contribution in [2.75, 3.05) is 24.5 Å². The van der Waals surface area contributed by atoms with Gasteiger partial charge in [0.1, 0.15) is 10.7 Å². The first-order chi connectivity index (χ1) is 12.8. The molecule has 2 aromatic carbocycles. The Morgan fingerprint density at radius 2 is 1.63 bits per heavy atom. The third-order valence-electron chi connectivity index (χ3n) is 4.47. The van der Waals surface area contributed by atoms with E-state index in [1.807, 2.05) is 38.1 Å². The molecule has 0 N–H and O–H groups in total. The second-order valence-corrected chi connectivity index (χ2v) is 7.98. The number of halogens is 1. The summed E-state index contributed by atoms with van der Waals surface area (Å²) < 4.78 is 40.9. The average molecular weight is 392 g/mol. The number of carbonyl (C=O) groups is 1. The fourth-order valence-electron chi connectivity index (χ4n) is 2.98. The number of benzene rings is 2. The van der Waals surface area contributed by atoms with Gasteiger partial charge in [-0.2, -0.15) is 4.31 Å². The van der Waals surface area contributed by atoms with Crippen LogP contribution >= 0.6 is 0 Å². The molecule has 0 aliphatic heterocycles. The lowest BCUT2D eigenvalue weighted by atomic mass is 10.1. The third kappa shape index (κ3) is 4.20. The van der Waals surface area contributed by atoms with E-state index in [0.717, 1.165) is 23.4 Å². The minimum atomic E-state index is -4.01. The molecule has 0 heterocycles. The van der Waals surface area contributed by atoms with E-state index in [1.54, 1.807) is 18.7 Å².